The molecule has 0 saturated heterocycles. The molecule has 0 heterocycles. The van der Waals surface area contributed by atoms with Gasteiger partial charge in [-0.25, -0.2) is 4.39 Å². The van der Waals surface area contributed by atoms with Crippen molar-refractivity contribution in [1.29, 1.82) is 0 Å². The molecule has 1 rings (SSSR count). The molecular formula is C14H19FO2. The summed E-state index contributed by atoms with van der Waals surface area (Å²) >= 11 is 0. The van der Waals surface area contributed by atoms with Gasteiger partial charge in [0.2, 0.25) is 0 Å². The average molecular weight is 238 g/mol. The number of Topliss-reactive ketones (excluding diaryl/α,β-unsaturated/α-hetero) is 1. The van der Waals surface area contributed by atoms with Gasteiger partial charge in [0.15, 0.2) is 5.78 Å². The third-order valence-electron chi connectivity index (χ3n) is 2.61. The summed E-state index contributed by atoms with van der Waals surface area (Å²) in [5, 5.41) is 0. The molecule has 2 nitrogen and oxygen atoms in total. The fourth-order valence-electron chi connectivity index (χ4n) is 1.63. The van der Waals surface area contributed by atoms with Gasteiger partial charge in [0.05, 0.1) is 0 Å². The van der Waals surface area contributed by atoms with Crippen molar-refractivity contribution in [3.63, 3.8) is 0 Å². The number of ether oxygens (including phenoxy) is 1. The van der Waals surface area contributed by atoms with E-state index in [2.05, 4.69) is 0 Å². The lowest BCUT2D eigenvalue weighted by molar-refractivity contribution is -0.130. The van der Waals surface area contributed by atoms with E-state index in [1.54, 1.807) is 26.0 Å². The van der Waals surface area contributed by atoms with Gasteiger partial charge in [-0.1, -0.05) is 26.0 Å². The maximum atomic E-state index is 13.2. The van der Waals surface area contributed by atoms with E-state index in [1.807, 2.05) is 6.92 Å². The van der Waals surface area contributed by atoms with Gasteiger partial charge in [0.1, 0.15) is 11.9 Å². The first-order chi connectivity index (χ1) is 8.10. The van der Waals surface area contributed by atoms with Crippen molar-refractivity contribution in [2.75, 3.05) is 6.61 Å². The van der Waals surface area contributed by atoms with E-state index in [4.69, 9.17) is 4.74 Å². The number of aryl methyl sites for hydroxylation is 1. The Labute approximate surface area is 102 Å². The third kappa shape index (κ3) is 3.63. The number of benzene rings is 1. The number of carbonyl (C=O) groups excluding carboxylic acids is 1. The summed E-state index contributed by atoms with van der Waals surface area (Å²) in [4.78, 5) is 11.8. The lowest BCUT2D eigenvalue weighted by atomic mass is 10.0. The number of rotatable bonds is 6. The van der Waals surface area contributed by atoms with Crippen LogP contribution in [0.4, 0.5) is 4.39 Å². The number of ketones is 1. The second-order valence-electron chi connectivity index (χ2n) is 4.08. The van der Waals surface area contributed by atoms with E-state index in [0.29, 0.717) is 18.6 Å². The molecule has 0 bridgehead atoms. The summed E-state index contributed by atoms with van der Waals surface area (Å²) in [5.74, 6) is -0.226. The van der Waals surface area contributed by atoms with Crippen LogP contribution in [0.3, 0.4) is 0 Å². The van der Waals surface area contributed by atoms with E-state index in [-0.39, 0.29) is 11.6 Å². The molecule has 0 aliphatic heterocycles. The molecule has 0 fully saturated rings. The fourth-order valence-corrected chi connectivity index (χ4v) is 1.63. The SMILES string of the molecule is CCCOC(C(=O)CC)c1ccc(F)c(C)c1. The topological polar surface area (TPSA) is 26.3 Å². The van der Waals surface area contributed by atoms with Crippen LogP contribution in [0.5, 0.6) is 0 Å². The van der Waals surface area contributed by atoms with Crippen LogP contribution >= 0.6 is 0 Å². The summed E-state index contributed by atoms with van der Waals surface area (Å²) in [6, 6.07) is 4.69. The monoisotopic (exact) mass is 238 g/mol. The Balaban J connectivity index is 2.95. The molecule has 0 aromatic heterocycles. The first-order valence-electron chi connectivity index (χ1n) is 6.00. The van der Waals surface area contributed by atoms with Gasteiger partial charge < -0.3 is 4.74 Å². The standard InChI is InChI=1S/C14H19FO2/c1-4-8-17-14(13(16)5-2)11-6-7-12(15)10(3)9-11/h6-7,9,14H,4-5,8H2,1-3H3. The smallest absolute Gasteiger partial charge is 0.165 e. The van der Waals surface area contributed by atoms with Crippen LogP contribution in [-0.2, 0) is 9.53 Å². The summed E-state index contributed by atoms with van der Waals surface area (Å²) < 4.78 is 18.7. The Morgan fingerprint density at radius 3 is 2.65 bits per heavy atom. The first kappa shape index (κ1) is 13.8. The minimum absolute atomic E-state index is 0.0319. The maximum absolute atomic E-state index is 13.2. The lowest BCUT2D eigenvalue weighted by Crippen LogP contribution is -2.16. The van der Waals surface area contributed by atoms with E-state index in [0.717, 1.165) is 12.0 Å². The van der Waals surface area contributed by atoms with Gasteiger partial charge in [0, 0.05) is 13.0 Å². The van der Waals surface area contributed by atoms with Crippen molar-refractivity contribution in [3.8, 4) is 0 Å². The first-order valence-corrected chi connectivity index (χ1v) is 6.00. The highest BCUT2D eigenvalue weighted by Gasteiger charge is 2.19. The van der Waals surface area contributed by atoms with E-state index < -0.39 is 6.10 Å². The molecule has 0 amide bonds. The predicted octanol–water partition coefficient (Wildman–Crippen LogP) is 3.58. The Kier molecular flexibility index (Phi) is 5.29. The van der Waals surface area contributed by atoms with Crippen LogP contribution in [-0.4, -0.2) is 12.4 Å². The molecule has 1 aromatic carbocycles. The van der Waals surface area contributed by atoms with Crippen LogP contribution in [0.1, 0.15) is 43.9 Å². The molecule has 0 aliphatic rings. The summed E-state index contributed by atoms with van der Waals surface area (Å²) in [6.07, 6.45) is 0.720. The molecule has 0 spiro atoms. The number of halogens is 1. The Morgan fingerprint density at radius 2 is 2.12 bits per heavy atom. The molecule has 94 valence electrons. The second-order valence-corrected chi connectivity index (χ2v) is 4.08. The molecule has 3 heteroatoms. The van der Waals surface area contributed by atoms with Crippen LogP contribution in [0.2, 0.25) is 0 Å². The largest absolute Gasteiger partial charge is 0.366 e. The number of hydrogen-bond donors (Lipinski definition) is 0. The number of carbonyl (C=O) groups is 1. The molecule has 1 unspecified atom stereocenters. The normalized spacial score (nSPS) is 12.5. The van der Waals surface area contributed by atoms with Crippen LogP contribution < -0.4 is 0 Å². The van der Waals surface area contributed by atoms with Crippen molar-refractivity contribution in [1.82, 2.24) is 0 Å². The summed E-state index contributed by atoms with van der Waals surface area (Å²) in [6.45, 7) is 6.02. The van der Waals surface area contributed by atoms with Crippen molar-refractivity contribution < 1.29 is 13.9 Å². The highest BCUT2D eigenvalue weighted by Crippen LogP contribution is 2.22. The van der Waals surface area contributed by atoms with E-state index in [9.17, 15) is 9.18 Å². The van der Waals surface area contributed by atoms with Gasteiger partial charge in [-0.15, -0.1) is 0 Å². The molecule has 1 aromatic rings. The highest BCUT2D eigenvalue weighted by molar-refractivity contribution is 5.84. The van der Waals surface area contributed by atoms with Gasteiger partial charge in [-0.05, 0) is 30.5 Å². The zero-order valence-corrected chi connectivity index (χ0v) is 10.6. The second kappa shape index (κ2) is 6.50. The van der Waals surface area contributed by atoms with Crippen molar-refractivity contribution in [2.24, 2.45) is 0 Å². The molecule has 0 N–H and O–H groups in total. The molecule has 0 radical (unpaired) electrons. The Morgan fingerprint density at radius 1 is 1.41 bits per heavy atom. The lowest BCUT2D eigenvalue weighted by Gasteiger charge is -2.16. The minimum Gasteiger partial charge on any atom is -0.366 e. The number of hydrogen-bond acceptors (Lipinski definition) is 2. The quantitative estimate of drug-likeness (QED) is 0.757. The average Bonchev–Trinajstić information content (AvgIpc) is 2.33. The van der Waals surface area contributed by atoms with Crippen molar-refractivity contribution in [2.45, 2.75) is 39.7 Å². The fraction of sp³-hybridized carbons (Fsp3) is 0.500. The van der Waals surface area contributed by atoms with Crippen LogP contribution in [0, 0.1) is 12.7 Å². The zero-order valence-electron chi connectivity index (χ0n) is 10.6. The van der Waals surface area contributed by atoms with Gasteiger partial charge in [0.25, 0.3) is 0 Å². The molecule has 0 saturated carbocycles. The zero-order chi connectivity index (χ0) is 12.8. The minimum atomic E-state index is -0.556. The third-order valence-corrected chi connectivity index (χ3v) is 2.61. The van der Waals surface area contributed by atoms with Gasteiger partial charge >= 0.3 is 0 Å². The molecule has 0 aliphatic carbocycles. The van der Waals surface area contributed by atoms with Crippen LogP contribution in [0.15, 0.2) is 18.2 Å². The molecule has 17 heavy (non-hydrogen) atoms. The highest BCUT2D eigenvalue weighted by atomic mass is 19.1. The Bertz CT molecular complexity index is 388. The van der Waals surface area contributed by atoms with Crippen LogP contribution in [0.25, 0.3) is 0 Å². The molecular weight excluding hydrogens is 219 g/mol. The van der Waals surface area contributed by atoms with Gasteiger partial charge in [-0.3, -0.25) is 4.79 Å². The van der Waals surface area contributed by atoms with Gasteiger partial charge in [-0.2, -0.15) is 0 Å². The molecule has 1 atom stereocenters. The van der Waals surface area contributed by atoms with Crippen molar-refractivity contribution in [3.05, 3.63) is 35.1 Å². The van der Waals surface area contributed by atoms with Crippen molar-refractivity contribution >= 4 is 5.78 Å². The summed E-state index contributed by atoms with van der Waals surface area (Å²) in [7, 11) is 0. The van der Waals surface area contributed by atoms with E-state index >= 15 is 0 Å². The summed E-state index contributed by atoms with van der Waals surface area (Å²) in [5.41, 5.74) is 1.28. The Hall–Kier alpha value is -1.22. The van der Waals surface area contributed by atoms with E-state index in [1.165, 1.54) is 6.07 Å². The predicted molar refractivity (Wildman–Crippen MR) is 65.4 cm³/mol. The maximum Gasteiger partial charge on any atom is 0.165 e.